The fourth-order valence-corrected chi connectivity index (χ4v) is 4.31. The van der Waals surface area contributed by atoms with Crippen LogP contribution in [0.5, 0.6) is 5.75 Å². The zero-order valence-corrected chi connectivity index (χ0v) is 18.1. The van der Waals surface area contributed by atoms with Gasteiger partial charge in [-0.05, 0) is 46.7 Å². The maximum atomic E-state index is 10.3. The minimum absolute atomic E-state index is 0.248. The van der Waals surface area contributed by atoms with E-state index in [1.807, 2.05) is 42.5 Å². The Morgan fingerprint density at radius 2 is 1.47 bits per heavy atom. The highest BCUT2D eigenvalue weighted by Crippen LogP contribution is 2.27. The number of rotatable bonds is 5. The molecule has 0 spiro atoms. The number of hydrogen-bond donors (Lipinski definition) is 1. The number of fused-ring (bicyclic) bond motifs is 1. The molecule has 160 valence electrons. The smallest absolute Gasteiger partial charge is 0.124 e. The van der Waals surface area contributed by atoms with Crippen LogP contribution >= 0.6 is 0 Å². The summed E-state index contributed by atoms with van der Waals surface area (Å²) >= 11 is 0. The lowest BCUT2D eigenvalue weighted by atomic mass is 10.0. The molecule has 0 bridgehead atoms. The molecule has 1 heterocycles. The number of hydrogen-bond acceptors (Lipinski definition) is 4. The normalized spacial score (nSPS) is 14.9. The molecule has 1 aliphatic heterocycles. The second kappa shape index (κ2) is 9.25. The van der Waals surface area contributed by atoms with Crippen LogP contribution in [0.2, 0.25) is 0 Å². The van der Waals surface area contributed by atoms with Crippen LogP contribution in [0, 0.1) is 0 Å². The first-order valence-corrected chi connectivity index (χ1v) is 11.1. The van der Waals surface area contributed by atoms with E-state index in [-0.39, 0.29) is 5.75 Å². The Bertz CT molecular complexity index is 1210. The summed E-state index contributed by atoms with van der Waals surface area (Å²) in [5.41, 5.74) is 4.24. The first-order chi connectivity index (χ1) is 15.8. The molecule has 0 aromatic heterocycles. The summed E-state index contributed by atoms with van der Waals surface area (Å²) in [6, 6.07) is 30.7. The highest BCUT2D eigenvalue weighted by molar-refractivity contribution is 6.03. The SMILES string of the molecule is Oc1ccc2ccccc2c1C=Nc1ccc(N2CCN(Cc3ccccc3)CC2)cc1. The van der Waals surface area contributed by atoms with Gasteiger partial charge >= 0.3 is 0 Å². The van der Waals surface area contributed by atoms with Crippen LogP contribution < -0.4 is 4.90 Å². The topological polar surface area (TPSA) is 39.1 Å². The number of phenolic OH excluding ortho intramolecular Hbond substituents is 1. The van der Waals surface area contributed by atoms with Gasteiger partial charge in [0.15, 0.2) is 0 Å². The summed E-state index contributed by atoms with van der Waals surface area (Å²) in [4.78, 5) is 9.57. The fourth-order valence-electron chi connectivity index (χ4n) is 4.31. The van der Waals surface area contributed by atoms with Gasteiger partial charge in [0.05, 0.1) is 5.69 Å². The number of anilines is 1. The van der Waals surface area contributed by atoms with Crippen molar-refractivity contribution in [3.63, 3.8) is 0 Å². The lowest BCUT2D eigenvalue weighted by Crippen LogP contribution is -2.45. The minimum Gasteiger partial charge on any atom is -0.507 e. The van der Waals surface area contributed by atoms with Gasteiger partial charge in [0.1, 0.15) is 5.75 Å². The molecule has 1 N–H and O–H groups in total. The molecule has 32 heavy (non-hydrogen) atoms. The van der Waals surface area contributed by atoms with Crippen LogP contribution in [0.1, 0.15) is 11.1 Å². The van der Waals surface area contributed by atoms with Gasteiger partial charge < -0.3 is 10.0 Å². The van der Waals surface area contributed by atoms with E-state index in [1.165, 1.54) is 11.3 Å². The molecule has 0 amide bonds. The van der Waals surface area contributed by atoms with Crippen molar-refractivity contribution in [2.75, 3.05) is 31.1 Å². The number of phenols is 1. The molecule has 0 unspecified atom stereocenters. The number of aliphatic imine (C=N–C) groups is 1. The zero-order valence-electron chi connectivity index (χ0n) is 18.1. The first kappa shape index (κ1) is 20.3. The molecule has 0 saturated carbocycles. The Morgan fingerprint density at radius 1 is 0.750 bits per heavy atom. The second-order valence-corrected chi connectivity index (χ2v) is 8.24. The van der Waals surface area contributed by atoms with E-state index in [0.29, 0.717) is 0 Å². The Balaban J connectivity index is 1.23. The molecule has 1 fully saturated rings. The summed E-state index contributed by atoms with van der Waals surface area (Å²) in [7, 11) is 0. The Kier molecular flexibility index (Phi) is 5.86. The first-order valence-electron chi connectivity index (χ1n) is 11.1. The van der Waals surface area contributed by atoms with E-state index in [2.05, 4.69) is 57.3 Å². The van der Waals surface area contributed by atoms with Gasteiger partial charge in [-0.25, -0.2) is 0 Å². The summed E-state index contributed by atoms with van der Waals surface area (Å²) in [6.45, 7) is 5.20. The summed E-state index contributed by atoms with van der Waals surface area (Å²) < 4.78 is 0. The van der Waals surface area contributed by atoms with Crippen molar-refractivity contribution in [2.24, 2.45) is 4.99 Å². The van der Waals surface area contributed by atoms with Crippen LogP contribution in [-0.2, 0) is 6.54 Å². The maximum Gasteiger partial charge on any atom is 0.124 e. The predicted octanol–water partition coefficient (Wildman–Crippen LogP) is 5.62. The Labute approximate surface area is 189 Å². The third-order valence-corrected chi connectivity index (χ3v) is 6.13. The Hall–Kier alpha value is -3.63. The van der Waals surface area contributed by atoms with Crippen molar-refractivity contribution in [1.29, 1.82) is 0 Å². The predicted molar refractivity (Wildman–Crippen MR) is 133 cm³/mol. The Morgan fingerprint density at radius 3 is 2.25 bits per heavy atom. The van der Waals surface area contributed by atoms with Crippen molar-refractivity contribution < 1.29 is 5.11 Å². The van der Waals surface area contributed by atoms with Gasteiger partial charge in [0.25, 0.3) is 0 Å². The summed E-state index contributed by atoms with van der Waals surface area (Å²) in [6.07, 6.45) is 1.76. The van der Waals surface area contributed by atoms with Crippen molar-refractivity contribution in [3.8, 4) is 5.75 Å². The van der Waals surface area contributed by atoms with E-state index in [1.54, 1.807) is 12.3 Å². The van der Waals surface area contributed by atoms with Crippen LogP contribution in [0.25, 0.3) is 10.8 Å². The largest absolute Gasteiger partial charge is 0.507 e. The maximum absolute atomic E-state index is 10.3. The lowest BCUT2D eigenvalue weighted by molar-refractivity contribution is 0.250. The number of benzene rings is 4. The number of piperazine rings is 1. The molecule has 4 heteroatoms. The van der Waals surface area contributed by atoms with Gasteiger partial charge in [0.2, 0.25) is 0 Å². The molecule has 4 nitrogen and oxygen atoms in total. The van der Waals surface area contributed by atoms with Crippen molar-refractivity contribution in [3.05, 3.63) is 102 Å². The van der Waals surface area contributed by atoms with Crippen molar-refractivity contribution in [2.45, 2.75) is 6.54 Å². The molecule has 1 aliphatic rings. The van der Waals surface area contributed by atoms with Gasteiger partial charge in [-0.15, -0.1) is 0 Å². The molecule has 0 atom stereocenters. The van der Waals surface area contributed by atoms with E-state index in [4.69, 9.17) is 0 Å². The van der Waals surface area contributed by atoms with E-state index < -0.39 is 0 Å². The molecule has 0 aliphatic carbocycles. The van der Waals surface area contributed by atoms with E-state index >= 15 is 0 Å². The van der Waals surface area contributed by atoms with Crippen molar-refractivity contribution >= 4 is 28.4 Å². The highest BCUT2D eigenvalue weighted by Gasteiger charge is 2.17. The lowest BCUT2D eigenvalue weighted by Gasteiger charge is -2.36. The third kappa shape index (κ3) is 4.51. The molecule has 4 aromatic rings. The van der Waals surface area contributed by atoms with Crippen LogP contribution in [0.4, 0.5) is 11.4 Å². The van der Waals surface area contributed by atoms with E-state index in [9.17, 15) is 5.11 Å². The monoisotopic (exact) mass is 421 g/mol. The van der Waals surface area contributed by atoms with Gasteiger partial charge in [0, 0.05) is 50.2 Å². The van der Waals surface area contributed by atoms with Gasteiger partial charge in [-0.3, -0.25) is 9.89 Å². The van der Waals surface area contributed by atoms with Gasteiger partial charge in [-0.1, -0.05) is 60.7 Å². The average Bonchev–Trinajstić information content (AvgIpc) is 2.85. The van der Waals surface area contributed by atoms with Crippen LogP contribution in [0.3, 0.4) is 0 Å². The quantitative estimate of drug-likeness (QED) is 0.425. The van der Waals surface area contributed by atoms with Crippen LogP contribution in [0.15, 0.2) is 96.0 Å². The third-order valence-electron chi connectivity index (χ3n) is 6.13. The van der Waals surface area contributed by atoms with E-state index in [0.717, 1.165) is 54.7 Å². The summed E-state index contributed by atoms with van der Waals surface area (Å²) in [5, 5.41) is 12.4. The molecule has 0 radical (unpaired) electrons. The molecule has 5 rings (SSSR count). The highest BCUT2D eigenvalue weighted by atomic mass is 16.3. The number of nitrogens with zero attached hydrogens (tertiary/aromatic N) is 3. The fraction of sp³-hybridized carbons (Fsp3) is 0.179. The zero-order chi connectivity index (χ0) is 21.8. The molecule has 4 aromatic carbocycles. The molecular weight excluding hydrogens is 394 g/mol. The standard InChI is InChI=1S/C28H27N3O/c32-28-15-10-23-8-4-5-9-26(23)27(28)20-29-24-11-13-25(14-12-24)31-18-16-30(17-19-31)21-22-6-2-1-3-7-22/h1-15,20,32H,16-19,21H2. The molecule has 1 saturated heterocycles. The second-order valence-electron chi connectivity index (χ2n) is 8.24. The summed E-state index contributed by atoms with van der Waals surface area (Å²) in [5.74, 6) is 0.248. The minimum atomic E-state index is 0.248. The average molecular weight is 422 g/mol. The van der Waals surface area contributed by atoms with Gasteiger partial charge in [-0.2, -0.15) is 0 Å². The number of aromatic hydroxyl groups is 1. The van der Waals surface area contributed by atoms with Crippen molar-refractivity contribution in [1.82, 2.24) is 4.90 Å². The van der Waals surface area contributed by atoms with Crippen LogP contribution in [-0.4, -0.2) is 42.4 Å². The molecular formula is C28H27N3O.